The zero-order valence-corrected chi connectivity index (χ0v) is 11.4. The van der Waals surface area contributed by atoms with Crippen LogP contribution in [-0.4, -0.2) is 17.6 Å². The van der Waals surface area contributed by atoms with Gasteiger partial charge in [0.2, 0.25) is 0 Å². The van der Waals surface area contributed by atoms with Gasteiger partial charge in [-0.15, -0.1) is 0 Å². The summed E-state index contributed by atoms with van der Waals surface area (Å²) in [5.41, 5.74) is 3.51. The number of ether oxygens (including phenoxy) is 1. The number of carbonyl (C=O) groups is 1. The molecule has 0 atom stereocenters. The first-order valence-corrected chi connectivity index (χ1v) is 6.13. The molecule has 2 rings (SSSR count). The van der Waals surface area contributed by atoms with Crippen molar-refractivity contribution in [1.82, 2.24) is 4.57 Å². The molecule has 19 heavy (non-hydrogen) atoms. The third-order valence-electron chi connectivity index (χ3n) is 3.10. The first kappa shape index (κ1) is 13.4. The van der Waals surface area contributed by atoms with Crippen LogP contribution in [0.25, 0.3) is 0 Å². The average Bonchev–Trinajstić information content (AvgIpc) is 2.71. The number of aryl methyl sites for hydroxylation is 1. The number of nitrogens with zero attached hydrogens (tertiary/aromatic N) is 1. The molecule has 0 bridgehead atoms. The molecular formula is C15H18N2O2. The van der Waals surface area contributed by atoms with Crippen LogP contribution in [-0.2, 0) is 18.4 Å². The van der Waals surface area contributed by atoms with Crippen LogP contribution in [0.3, 0.4) is 0 Å². The Hall–Kier alpha value is -2.07. The molecule has 0 spiro atoms. The number of methoxy groups -OCH3 is 1. The van der Waals surface area contributed by atoms with Crippen LogP contribution in [0, 0.1) is 6.92 Å². The summed E-state index contributed by atoms with van der Waals surface area (Å²) in [5, 5.41) is 2.90. The third-order valence-corrected chi connectivity index (χ3v) is 3.10. The molecular weight excluding hydrogens is 240 g/mol. The van der Waals surface area contributed by atoms with Crippen LogP contribution < -0.4 is 5.32 Å². The van der Waals surface area contributed by atoms with Gasteiger partial charge in [-0.05, 0) is 36.8 Å². The lowest BCUT2D eigenvalue weighted by Gasteiger charge is -2.08. The van der Waals surface area contributed by atoms with Crippen LogP contribution in [0.5, 0.6) is 0 Å². The molecule has 1 aromatic carbocycles. The van der Waals surface area contributed by atoms with E-state index in [0.717, 1.165) is 16.9 Å². The molecule has 4 nitrogen and oxygen atoms in total. The summed E-state index contributed by atoms with van der Waals surface area (Å²) in [4.78, 5) is 12.2. The maximum Gasteiger partial charge on any atom is 0.272 e. The van der Waals surface area contributed by atoms with Gasteiger partial charge in [0.15, 0.2) is 0 Å². The summed E-state index contributed by atoms with van der Waals surface area (Å²) >= 11 is 0. The van der Waals surface area contributed by atoms with Crippen molar-refractivity contribution >= 4 is 11.6 Å². The SMILES string of the molecule is COCc1cccc(NC(=O)c2ccc(C)n2C)c1. The predicted octanol–water partition coefficient (Wildman–Crippen LogP) is 2.73. The van der Waals surface area contributed by atoms with Crippen molar-refractivity contribution in [3.05, 3.63) is 53.3 Å². The number of hydrogen-bond donors (Lipinski definition) is 1. The normalized spacial score (nSPS) is 10.5. The fourth-order valence-corrected chi connectivity index (χ4v) is 1.94. The highest BCUT2D eigenvalue weighted by Gasteiger charge is 2.11. The van der Waals surface area contributed by atoms with Gasteiger partial charge in [-0.25, -0.2) is 0 Å². The number of aromatic nitrogens is 1. The zero-order valence-electron chi connectivity index (χ0n) is 11.4. The van der Waals surface area contributed by atoms with Gasteiger partial charge in [0.05, 0.1) is 6.61 Å². The van der Waals surface area contributed by atoms with Crippen molar-refractivity contribution in [3.63, 3.8) is 0 Å². The quantitative estimate of drug-likeness (QED) is 0.916. The smallest absolute Gasteiger partial charge is 0.272 e. The number of anilines is 1. The average molecular weight is 258 g/mol. The molecule has 100 valence electrons. The number of benzene rings is 1. The van der Waals surface area contributed by atoms with Crippen LogP contribution in [0.15, 0.2) is 36.4 Å². The largest absolute Gasteiger partial charge is 0.380 e. The Bertz CT molecular complexity index is 588. The standard InChI is InChI=1S/C15H18N2O2/c1-11-7-8-14(17(11)2)15(18)16-13-6-4-5-12(9-13)10-19-3/h4-9H,10H2,1-3H3,(H,16,18). The molecule has 0 aliphatic rings. The lowest BCUT2D eigenvalue weighted by Crippen LogP contribution is -2.16. The molecule has 0 aliphatic carbocycles. The fourth-order valence-electron chi connectivity index (χ4n) is 1.94. The number of amides is 1. The van der Waals surface area contributed by atoms with Crippen molar-refractivity contribution in [3.8, 4) is 0 Å². The number of carbonyl (C=O) groups excluding carboxylic acids is 1. The monoisotopic (exact) mass is 258 g/mol. The Balaban J connectivity index is 2.15. The summed E-state index contributed by atoms with van der Waals surface area (Å²) in [7, 11) is 3.53. The Labute approximate surface area is 113 Å². The van der Waals surface area contributed by atoms with E-state index in [0.29, 0.717) is 12.3 Å². The van der Waals surface area contributed by atoms with E-state index in [2.05, 4.69) is 5.32 Å². The Morgan fingerprint density at radius 2 is 2.11 bits per heavy atom. The highest BCUT2D eigenvalue weighted by Crippen LogP contribution is 2.14. The lowest BCUT2D eigenvalue weighted by molar-refractivity contribution is 0.101. The second-order valence-electron chi connectivity index (χ2n) is 4.51. The van der Waals surface area contributed by atoms with Crippen molar-refractivity contribution in [2.45, 2.75) is 13.5 Å². The maximum atomic E-state index is 12.2. The summed E-state index contributed by atoms with van der Waals surface area (Å²) in [5.74, 6) is -0.106. The Morgan fingerprint density at radius 3 is 2.74 bits per heavy atom. The van der Waals surface area contributed by atoms with Crippen molar-refractivity contribution < 1.29 is 9.53 Å². The highest BCUT2D eigenvalue weighted by molar-refractivity contribution is 6.03. The first-order valence-electron chi connectivity index (χ1n) is 6.13. The molecule has 1 heterocycles. The van der Waals surface area contributed by atoms with E-state index >= 15 is 0 Å². The molecule has 1 N–H and O–H groups in total. The first-order chi connectivity index (χ1) is 9.11. The molecule has 0 aliphatic heterocycles. The molecule has 4 heteroatoms. The molecule has 1 aromatic heterocycles. The van der Waals surface area contributed by atoms with E-state index in [9.17, 15) is 4.79 Å². The van der Waals surface area contributed by atoms with Gasteiger partial charge in [-0.2, -0.15) is 0 Å². The van der Waals surface area contributed by atoms with Gasteiger partial charge < -0.3 is 14.6 Å². The second-order valence-corrected chi connectivity index (χ2v) is 4.51. The van der Waals surface area contributed by atoms with E-state index in [1.807, 2.05) is 54.9 Å². The van der Waals surface area contributed by atoms with Gasteiger partial charge in [0.25, 0.3) is 5.91 Å². The van der Waals surface area contributed by atoms with Gasteiger partial charge >= 0.3 is 0 Å². The summed E-state index contributed by atoms with van der Waals surface area (Å²) in [6, 6.07) is 11.4. The lowest BCUT2D eigenvalue weighted by atomic mass is 10.2. The minimum atomic E-state index is -0.106. The zero-order chi connectivity index (χ0) is 13.8. The summed E-state index contributed by atoms with van der Waals surface area (Å²) < 4.78 is 6.95. The van der Waals surface area contributed by atoms with Crippen LogP contribution in [0.2, 0.25) is 0 Å². The van der Waals surface area contributed by atoms with Crippen molar-refractivity contribution in [2.75, 3.05) is 12.4 Å². The molecule has 0 saturated carbocycles. The molecule has 0 radical (unpaired) electrons. The fraction of sp³-hybridized carbons (Fsp3) is 0.267. The predicted molar refractivity (Wildman–Crippen MR) is 75.3 cm³/mol. The molecule has 0 saturated heterocycles. The second kappa shape index (κ2) is 5.71. The van der Waals surface area contributed by atoms with E-state index in [1.165, 1.54) is 0 Å². The van der Waals surface area contributed by atoms with Gasteiger partial charge in [-0.3, -0.25) is 4.79 Å². The Kier molecular flexibility index (Phi) is 4.02. The van der Waals surface area contributed by atoms with E-state index in [-0.39, 0.29) is 5.91 Å². The molecule has 2 aromatic rings. The summed E-state index contributed by atoms with van der Waals surface area (Å²) in [6.07, 6.45) is 0. The van der Waals surface area contributed by atoms with Crippen LogP contribution in [0.4, 0.5) is 5.69 Å². The third kappa shape index (κ3) is 3.03. The van der Waals surface area contributed by atoms with Crippen molar-refractivity contribution in [2.24, 2.45) is 7.05 Å². The molecule has 1 amide bonds. The topological polar surface area (TPSA) is 43.3 Å². The number of hydrogen-bond acceptors (Lipinski definition) is 2. The molecule has 0 fully saturated rings. The van der Waals surface area contributed by atoms with Crippen LogP contribution >= 0.6 is 0 Å². The summed E-state index contributed by atoms with van der Waals surface area (Å²) in [6.45, 7) is 2.50. The van der Waals surface area contributed by atoms with E-state index < -0.39 is 0 Å². The number of rotatable bonds is 4. The minimum Gasteiger partial charge on any atom is -0.380 e. The van der Waals surface area contributed by atoms with Crippen molar-refractivity contribution in [1.29, 1.82) is 0 Å². The maximum absolute atomic E-state index is 12.2. The van der Waals surface area contributed by atoms with Gasteiger partial charge in [0, 0.05) is 25.5 Å². The van der Waals surface area contributed by atoms with E-state index in [4.69, 9.17) is 4.74 Å². The van der Waals surface area contributed by atoms with E-state index in [1.54, 1.807) is 7.11 Å². The van der Waals surface area contributed by atoms with Gasteiger partial charge in [-0.1, -0.05) is 12.1 Å². The van der Waals surface area contributed by atoms with Crippen LogP contribution in [0.1, 0.15) is 21.7 Å². The highest BCUT2D eigenvalue weighted by atomic mass is 16.5. The Morgan fingerprint density at radius 1 is 1.32 bits per heavy atom. The molecule has 0 unspecified atom stereocenters. The van der Waals surface area contributed by atoms with Gasteiger partial charge in [0.1, 0.15) is 5.69 Å². The number of nitrogens with one attached hydrogen (secondary N) is 1. The minimum absolute atomic E-state index is 0.106.